The van der Waals surface area contributed by atoms with Crippen LogP contribution in [-0.4, -0.2) is 24.1 Å². The lowest BCUT2D eigenvalue weighted by Gasteiger charge is -2.18. The standard InChI is InChI=1S/C9H12BrN3/c10-8-5-12-3-1-9(8)13-4-2-7(11)6-13/h1,3,5,7H,2,4,6,11H2/t7-/m0/s1. The van der Waals surface area contributed by atoms with Gasteiger partial charge in [0.2, 0.25) is 0 Å². The smallest absolute Gasteiger partial charge is 0.0592 e. The topological polar surface area (TPSA) is 42.1 Å². The van der Waals surface area contributed by atoms with E-state index in [1.54, 1.807) is 0 Å². The molecular formula is C9H12BrN3. The first-order chi connectivity index (χ1) is 6.27. The molecule has 3 nitrogen and oxygen atoms in total. The quantitative estimate of drug-likeness (QED) is 0.808. The number of aromatic nitrogens is 1. The fraction of sp³-hybridized carbons (Fsp3) is 0.444. The zero-order chi connectivity index (χ0) is 9.26. The van der Waals surface area contributed by atoms with Crippen LogP contribution in [-0.2, 0) is 0 Å². The normalized spacial score (nSPS) is 22.3. The fourth-order valence-electron chi connectivity index (χ4n) is 1.63. The lowest BCUT2D eigenvalue weighted by Crippen LogP contribution is -2.26. The number of hydrogen-bond donors (Lipinski definition) is 1. The summed E-state index contributed by atoms with van der Waals surface area (Å²) >= 11 is 3.48. The molecule has 1 aromatic heterocycles. The van der Waals surface area contributed by atoms with E-state index in [0.29, 0.717) is 6.04 Å². The van der Waals surface area contributed by atoms with Gasteiger partial charge in [-0.3, -0.25) is 4.98 Å². The molecule has 2 heterocycles. The minimum atomic E-state index is 0.320. The zero-order valence-corrected chi connectivity index (χ0v) is 8.87. The Morgan fingerprint density at radius 1 is 1.62 bits per heavy atom. The Balaban J connectivity index is 2.21. The van der Waals surface area contributed by atoms with Crippen LogP contribution in [0.25, 0.3) is 0 Å². The van der Waals surface area contributed by atoms with Crippen LogP contribution in [0.15, 0.2) is 22.9 Å². The predicted molar refractivity (Wildman–Crippen MR) is 56.7 cm³/mol. The summed E-state index contributed by atoms with van der Waals surface area (Å²) in [6, 6.07) is 2.34. The maximum atomic E-state index is 5.84. The van der Waals surface area contributed by atoms with Gasteiger partial charge < -0.3 is 10.6 Å². The van der Waals surface area contributed by atoms with Gasteiger partial charge in [-0.15, -0.1) is 0 Å². The van der Waals surface area contributed by atoms with Crippen molar-refractivity contribution < 1.29 is 0 Å². The minimum Gasteiger partial charge on any atom is -0.369 e. The average molecular weight is 242 g/mol. The fourth-order valence-corrected chi connectivity index (χ4v) is 2.13. The van der Waals surface area contributed by atoms with Crippen LogP contribution in [0.3, 0.4) is 0 Å². The first-order valence-corrected chi connectivity index (χ1v) is 5.16. The summed E-state index contributed by atoms with van der Waals surface area (Å²) in [6.07, 6.45) is 4.71. The molecule has 13 heavy (non-hydrogen) atoms. The van der Waals surface area contributed by atoms with Crippen molar-refractivity contribution >= 4 is 21.6 Å². The summed E-state index contributed by atoms with van der Waals surface area (Å²) in [7, 11) is 0. The number of hydrogen-bond acceptors (Lipinski definition) is 3. The van der Waals surface area contributed by atoms with E-state index in [9.17, 15) is 0 Å². The molecule has 0 spiro atoms. The second-order valence-corrected chi connectivity index (χ2v) is 4.18. The molecule has 0 saturated carbocycles. The number of nitrogens with zero attached hydrogens (tertiary/aromatic N) is 2. The molecule has 70 valence electrons. The largest absolute Gasteiger partial charge is 0.369 e. The van der Waals surface area contributed by atoms with Crippen molar-refractivity contribution in [2.24, 2.45) is 5.73 Å². The molecule has 0 aromatic carbocycles. The molecule has 0 bridgehead atoms. The third-order valence-corrected chi connectivity index (χ3v) is 2.93. The highest BCUT2D eigenvalue weighted by Gasteiger charge is 2.20. The Labute approximate surface area is 86.1 Å². The maximum Gasteiger partial charge on any atom is 0.0592 e. The van der Waals surface area contributed by atoms with Crippen LogP contribution in [0.1, 0.15) is 6.42 Å². The van der Waals surface area contributed by atoms with E-state index in [2.05, 4.69) is 25.8 Å². The molecular weight excluding hydrogens is 230 g/mol. The summed E-state index contributed by atoms with van der Waals surface area (Å²) in [6.45, 7) is 1.99. The van der Waals surface area contributed by atoms with Gasteiger partial charge in [0, 0.05) is 31.5 Å². The molecule has 1 aliphatic heterocycles. The molecule has 1 fully saturated rings. The highest BCUT2D eigenvalue weighted by atomic mass is 79.9. The van der Waals surface area contributed by atoms with Crippen LogP contribution >= 0.6 is 15.9 Å². The third-order valence-electron chi connectivity index (χ3n) is 2.32. The average Bonchev–Trinajstić information content (AvgIpc) is 2.53. The van der Waals surface area contributed by atoms with Crippen LogP contribution in [0, 0.1) is 0 Å². The highest BCUT2D eigenvalue weighted by molar-refractivity contribution is 9.10. The Morgan fingerprint density at radius 3 is 3.08 bits per heavy atom. The number of anilines is 1. The van der Waals surface area contributed by atoms with E-state index in [1.807, 2.05) is 18.5 Å². The number of rotatable bonds is 1. The molecule has 1 aromatic rings. The SMILES string of the molecule is N[C@H]1CCN(c2ccncc2Br)C1. The van der Waals surface area contributed by atoms with Gasteiger partial charge in [-0.05, 0) is 28.4 Å². The number of pyridine rings is 1. The van der Waals surface area contributed by atoms with Crippen molar-refractivity contribution in [3.8, 4) is 0 Å². The molecule has 0 radical (unpaired) electrons. The molecule has 2 rings (SSSR count). The maximum absolute atomic E-state index is 5.84. The lowest BCUT2D eigenvalue weighted by atomic mass is 10.3. The van der Waals surface area contributed by atoms with Gasteiger partial charge in [0.25, 0.3) is 0 Å². The van der Waals surface area contributed by atoms with E-state index in [1.165, 1.54) is 5.69 Å². The highest BCUT2D eigenvalue weighted by Crippen LogP contribution is 2.27. The van der Waals surface area contributed by atoms with Crippen LogP contribution in [0.5, 0.6) is 0 Å². The lowest BCUT2D eigenvalue weighted by molar-refractivity contribution is 0.752. The first-order valence-electron chi connectivity index (χ1n) is 4.37. The van der Waals surface area contributed by atoms with Crippen molar-refractivity contribution in [1.82, 2.24) is 4.98 Å². The second kappa shape index (κ2) is 3.64. The first kappa shape index (κ1) is 8.97. The van der Waals surface area contributed by atoms with Crippen LogP contribution in [0.2, 0.25) is 0 Å². The van der Waals surface area contributed by atoms with Crippen molar-refractivity contribution in [2.75, 3.05) is 18.0 Å². The van der Waals surface area contributed by atoms with Gasteiger partial charge in [0.05, 0.1) is 10.2 Å². The number of nitrogens with two attached hydrogens (primary N) is 1. The molecule has 0 amide bonds. The van der Waals surface area contributed by atoms with Gasteiger partial charge in [-0.25, -0.2) is 0 Å². The van der Waals surface area contributed by atoms with Crippen LogP contribution < -0.4 is 10.6 Å². The summed E-state index contributed by atoms with van der Waals surface area (Å²) in [5.74, 6) is 0. The van der Waals surface area contributed by atoms with E-state index in [0.717, 1.165) is 24.0 Å². The van der Waals surface area contributed by atoms with E-state index in [4.69, 9.17) is 5.73 Å². The molecule has 0 aliphatic carbocycles. The van der Waals surface area contributed by atoms with Gasteiger partial charge in [-0.2, -0.15) is 0 Å². The van der Waals surface area contributed by atoms with Gasteiger partial charge in [0.1, 0.15) is 0 Å². The van der Waals surface area contributed by atoms with E-state index in [-0.39, 0.29) is 0 Å². The van der Waals surface area contributed by atoms with Crippen molar-refractivity contribution in [3.63, 3.8) is 0 Å². The van der Waals surface area contributed by atoms with Gasteiger partial charge >= 0.3 is 0 Å². The molecule has 1 aliphatic rings. The molecule has 1 saturated heterocycles. The Kier molecular flexibility index (Phi) is 2.51. The predicted octanol–water partition coefficient (Wildman–Crippen LogP) is 1.38. The Morgan fingerprint density at radius 2 is 2.46 bits per heavy atom. The van der Waals surface area contributed by atoms with Gasteiger partial charge in [-0.1, -0.05) is 0 Å². The van der Waals surface area contributed by atoms with Crippen molar-refractivity contribution in [3.05, 3.63) is 22.9 Å². The monoisotopic (exact) mass is 241 g/mol. The second-order valence-electron chi connectivity index (χ2n) is 3.32. The molecule has 4 heteroatoms. The summed E-state index contributed by atoms with van der Waals surface area (Å²) < 4.78 is 1.05. The Hall–Kier alpha value is -0.610. The van der Waals surface area contributed by atoms with E-state index >= 15 is 0 Å². The molecule has 1 atom stereocenters. The zero-order valence-electron chi connectivity index (χ0n) is 7.28. The molecule has 2 N–H and O–H groups in total. The van der Waals surface area contributed by atoms with Gasteiger partial charge in [0.15, 0.2) is 0 Å². The minimum absolute atomic E-state index is 0.320. The van der Waals surface area contributed by atoms with Crippen molar-refractivity contribution in [2.45, 2.75) is 12.5 Å². The molecule has 0 unspecified atom stereocenters. The third kappa shape index (κ3) is 1.84. The summed E-state index contributed by atoms with van der Waals surface area (Å²) in [5.41, 5.74) is 7.04. The summed E-state index contributed by atoms with van der Waals surface area (Å²) in [5, 5.41) is 0. The van der Waals surface area contributed by atoms with Crippen molar-refractivity contribution in [1.29, 1.82) is 0 Å². The number of halogens is 1. The van der Waals surface area contributed by atoms with E-state index < -0.39 is 0 Å². The Bertz CT molecular complexity index is 303. The summed E-state index contributed by atoms with van der Waals surface area (Å²) in [4.78, 5) is 6.32. The van der Waals surface area contributed by atoms with Crippen LogP contribution in [0.4, 0.5) is 5.69 Å².